The molecule has 0 bridgehead atoms. The summed E-state index contributed by atoms with van der Waals surface area (Å²) >= 11 is 0. The summed E-state index contributed by atoms with van der Waals surface area (Å²) in [5.74, 6) is 6.60. The Kier molecular flexibility index (Phi) is 7.23. The normalized spacial score (nSPS) is 16.0. The lowest BCUT2D eigenvalue weighted by atomic mass is 9.86. The van der Waals surface area contributed by atoms with Crippen LogP contribution in [0.5, 0.6) is 0 Å². The zero-order chi connectivity index (χ0) is 28.7. The second-order valence-corrected chi connectivity index (χ2v) is 11.3. The molecular formula is C32H38N8O. The van der Waals surface area contributed by atoms with Gasteiger partial charge in [-0.1, -0.05) is 30.3 Å². The highest BCUT2D eigenvalue weighted by Crippen LogP contribution is 2.41. The maximum atomic E-state index is 6.29. The van der Waals surface area contributed by atoms with Crippen molar-refractivity contribution in [3.05, 3.63) is 83.9 Å². The van der Waals surface area contributed by atoms with Crippen LogP contribution < -0.4 is 11.6 Å². The molecule has 212 valence electrons. The number of nitrogens with zero attached hydrogens (tertiary/aromatic N) is 6. The van der Waals surface area contributed by atoms with Crippen LogP contribution in [0.3, 0.4) is 0 Å². The van der Waals surface area contributed by atoms with Crippen molar-refractivity contribution in [2.24, 2.45) is 17.5 Å². The summed E-state index contributed by atoms with van der Waals surface area (Å²) in [6, 6.07) is 17.4. The zero-order valence-electron chi connectivity index (χ0n) is 24.2. The van der Waals surface area contributed by atoms with Crippen molar-refractivity contribution in [2.45, 2.75) is 45.7 Å². The summed E-state index contributed by atoms with van der Waals surface area (Å²) in [7, 11) is 1.80. The van der Waals surface area contributed by atoms with E-state index in [1.165, 1.54) is 5.56 Å². The van der Waals surface area contributed by atoms with Gasteiger partial charge in [-0.3, -0.25) is 9.67 Å². The van der Waals surface area contributed by atoms with Crippen LogP contribution in [0.25, 0.3) is 39.0 Å². The fraction of sp³-hybridized carbons (Fsp3) is 0.344. The number of rotatable bonds is 7. The molecule has 4 N–H and O–H groups in total. The highest BCUT2D eigenvalue weighted by molar-refractivity contribution is 6.05. The van der Waals surface area contributed by atoms with Crippen LogP contribution in [-0.2, 0) is 4.74 Å². The number of nitrogens with two attached hydrogens (primary N) is 2. The van der Waals surface area contributed by atoms with Gasteiger partial charge in [-0.15, -0.1) is 0 Å². The van der Waals surface area contributed by atoms with Crippen LogP contribution >= 0.6 is 0 Å². The highest BCUT2D eigenvalue weighted by Gasteiger charge is 2.31. The second kappa shape index (κ2) is 11.0. The summed E-state index contributed by atoms with van der Waals surface area (Å²) in [5.41, 5.74) is 14.4. The van der Waals surface area contributed by atoms with Gasteiger partial charge in [-0.25, -0.2) is 10.8 Å². The molecule has 1 atom stereocenters. The lowest BCUT2D eigenvalue weighted by Gasteiger charge is -2.33. The van der Waals surface area contributed by atoms with Gasteiger partial charge < -0.3 is 20.0 Å². The lowest BCUT2D eigenvalue weighted by Crippen LogP contribution is -2.27. The summed E-state index contributed by atoms with van der Waals surface area (Å²) < 4.78 is 10.1. The summed E-state index contributed by atoms with van der Waals surface area (Å²) in [6.07, 6.45) is 7.74. The van der Waals surface area contributed by atoms with Crippen molar-refractivity contribution in [2.75, 3.05) is 20.3 Å². The number of allylic oxidation sites excluding steroid dienone is 1. The van der Waals surface area contributed by atoms with Crippen molar-refractivity contribution in [3.63, 3.8) is 0 Å². The van der Waals surface area contributed by atoms with E-state index in [2.05, 4.69) is 78.2 Å². The molecule has 1 aromatic carbocycles. The van der Waals surface area contributed by atoms with Gasteiger partial charge in [-0.2, -0.15) is 5.10 Å². The van der Waals surface area contributed by atoms with E-state index in [9.17, 15) is 0 Å². The van der Waals surface area contributed by atoms with E-state index in [-0.39, 0.29) is 12.1 Å². The Labute approximate surface area is 240 Å². The molecule has 5 heterocycles. The van der Waals surface area contributed by atoms with Gasteiger partial charge in [0.25, 0.3) is 0 Å². The molecule has 5 aromatic rings. The van der Waals surface area contributed by atoms with E-state index in [4.69, 9.17) is 26.3 Å². The first-order valence-corrected chi connectivity index (χ1v) is 14.3. The topological polar surface area (TPSA) is 113 Å². The Hall–Kier alpha value is -4.21. The molecule has 0 unspecified atom stereocenters. The molecule has 1 saturated heterocycles. The minimum atomic E-state index is 0.0419. The largest absolute Gasteiger partial charge is 0.401 e. The van der Waals surface area contributed by atoms with Gasteiger partial charge in [0.05, 0.1) is 34.7 Å². The summed E-state index contributed by atoms with van der Waals surface area (Å²) in [5, 5.41) is 7.13. The van der Waals surface area contributed by atoms with Gasteiger partial charge in [0.1, 0.15) is 5.65 Å². The van der Waals surface area contributed by atoms with Crippen LogP contribution in [0.4, 0.5) is 0 Å². The third kappa shape index (κ3) is 4.96. The van der Waals surface area contributed by atoms with E-state index in [0.717, 1.165) is 70.6 Å². The van der Waals surface area contributed by atoms with Crippen LogP contribution in [0, 0.1) is 5.92 Å². The molecule has 0 aliphatic carbocycles. The van der Waals surface area contributed by atoms with Gasteiger partial charge in [-0.05, 0) is 63.3 Å². The number of ether oxygens (including phenoxy) is 1. The zero-order valence-corrected chi connectivity index (χ0v) is 24.2. The van der Waals surface area contributed by atoms with Gasteiger partial charge in [0.15, 0.2) is 0 Å². The van der Waals surface area contributed by atoms with E-state index in [1.807, 2.05) is 24.0 Å². The Morgan fingerprint density at radius 2 is 1.83 bits per heavy atom. The molecule has 0 amide bonds. The first-order chi connectivity index (χ1) is 19.8. The van der Waals surface area contributed by atoms with E-state index < -0.39 is 0 Å². The fourth-order valence-electron chi connectivity index (χ4n) is 6.12. The maximum absolute atomic E-state index is 6.29. The number of benzene rings is 1. The third-order valence-corrected chi connectivity index (χ3v) is 8.04. The second-order valence-electron chi connectivity index (χ2n) is 11.3. The lowest BCUT2D eigenvalue weighted by molar-refractivity contribution is 0.0552. The SMILES string of the molecule is C/C(N)=C(\c1cnc2c3ccc(-c4cnn(C(C)C)c4)nc3n([C@H](c3ccccc3)C3CCOCC3)c2c1)N(C)N. The number of hydrazine groups is 1. The van der Waals surface area contributed by atoms with Gasteiger partial charge >= 0.3 is 0 Å². The monoisotopic (exact) mass is 550 g/mol. The molecule has 1 fully saturated rings. The third-order valence-electron chi connectivity index (χ3n) is 8.04. The van der Waals surface area contributed by atoms with E-state index >= 15 is 0 Å². The Bertz CT molecular complexity index is 1710. The molecule has 6 rings (SSSR count). The van der Waals surface area contributed by atoms with Crippen LogP contribution in [-0.4, -0.2) is 49.6 Å². The number of fused-ring (bicyclic) bond motifs is 3. The van der Waals surface area contributed by atoms with Gasteiger partial charge in [0.2, 0.25) is 0 Å². The number of aromatic nitrogens is 5. The van der Waals surface area contributed by atoms with Crippen LogP contribution in [0.1, 0.15) is 56.8 Å². The van der Waals surface area contributed by atoms with Crippen molar-refractivity contribution >= 4 is 27.8 Å². The van der Waals surface area contributed by atoms with Crippen molar-refractivity contribution in [1.82, 2.24) is 29.3 Å². The molecule has 0 radical (unpaired) electrons. The summed E-state index contributed by atoms with van der Waals surface area (Å²) in [6.45, 7) is 7.60. The van der Waals surface area contributed by atoms with Crippen molar-refractivity contribution < 1.29 is 4.74 Å². The first-order valence-electron chi connectivity index (χ1n) is 14.3. The molecule has 9 nitrogen and oxygen atoms in total. The van der Waals surface area contributed by atoms with Crippen LogP contribution in [0.15, 0.2) is 72.8 Å². The number of hydrogen-bond donors (Lipinski definition) is 2. The summed E-state index contributed by atoms with van der Waals surface area (Å²) in [4.78, 5) is 10.3. The Morgan fingerprint density at radius 1 is 1.07 bits per heavy atom. The van der Waals surface area contributed by atoms with Gasteiger partial charge in [0, 0.05) is 60.9 Å². The molecule has 1 aliphatic rings. The molecular weight excluding hydrogens is 512 g/mol. The average molecular weight is 551 g/mol. The van der Waals surface area contributed by atoms with E-state index in [0.29, 0.717) is 11.6 Å². The minimum Gasteiger partial charge on any atom is -0.401 e. The quantitative estimate of drug-likeness (QED) is 0.203. The molecule has 0 saturated carbocycles. The number of hydrogen-bond acceptors (Lipinski definition) is 7. The van der Waals surface area contributed by atoms with Crippen LogP contribution in [0.2, 0.25) is 0 Å². The van der Waals surface area contributed by atoms with Crippen molar-refractivity contribution in [1.29, 1.82) is 0 Å². The predicted molar refractivity (Wildman–Crippen MR) is 163 cm³/mol. The molecule has 4 aromatic heterocycles. The smallest absolute Gasteiger partial charge is 0.143 e. The molecule has 41 heavy (non-hydrogen) atoms. The standard InChI is InChI=1S/C32H38N8O/c1-20(2)39-19-25(18-36-39)27-11-10-26-29-28(16-24(17-35-29)30(21(3)33)38(4)34)40(32(26)37-27)31(22-8-6-5-7-9-22)23-12-14-41-15-13-23/h5-11,16-20,23,31H,12-15,33-34H2,1-4H3/b30-21-/t31-/m1/s1. The maximum Gasteiger partial charge on any atom is 0.143 e. The predicted octanol–water partition coefficient (Wildman–Crippen LogP) is 5.50. The average Bonchev–Trinajstić information content (AvgIpc) is 3.58. The molecule has 1 aliphatic heterocycles. The Morgan fingerprint density at radius 3 is 2.49 bits per heavy atom. The highest BCUT2D eigenvalue weighted by atomic mass is 16.5. The minimum absolute atomic E-state index is 0.0419. The number of pyridine rings is 2. The van der Waals surface area contributed by atoms with Crippen molar-refractivity contribution in [3.8, 4) is 11.3 Å². The van der Waals surface area contributed by atoms with E-state index in [1.54, 1.807) is 12.1 Å². The Balaban J connectivity index is 1.66. The fourth-order valence-corrected chi connectivity index (χ4v) is 6.12. The molecule has 9 heteroatoms. The molecule has 0 spiro atoms. The first kappa shape index (κ1) is 27.0.